The number of carbonyl (C=O) groups is 1. The van der Waals surface area contributed by atoms with Crippen LogP contribution in [-0.2, 0) is 18.4 Å². The number of carbonyl (C=O) groups excluding carboxylic acids is 1. The molecule has 19 heavy (non-hydrogen) atoms. The van der Waals surface area contributed by atoms with Crippen molar-refractivity contribution in [3.8, 4) is 0 Å². The maximum absolute atomic E-state index is 12.6. The van der Waals surface area contributed by atoms with Crippen LogP contribution < -0.4 is 10.6 Å². The Bertz CT molecular complexity index is 471. The van der Waals surface area contributed by atoms with Crippen LogP contribution in [0.15, 0.2) is 6.33 Å². The Morgan fingerprint density at radius 3 is 3.32 bits per heavy atom. The molecular formula is C13H21N5O. The van der Waals surface area contributed by atoms with Gasteiger partial charge in [-0.05, 0) is 25.3 Å². The molecule has 2 aliphatic rings. The number of aryl methyl sites for hydroxylation is 1. The van der Waals surface area contributed by atoms with Crippen LogP contribution in [0.3, 0.4) is 0 Å². The number of aromatic nitrogens is 3. The van der Waals surface area contributed by atoms with E-state index in [2.05, 4.69) is 20.8 Å². The third-order valence-electron chi connectivity index (χ3n) is 4.70. The highest BCUT2D eigenvalue weighted by atomic mass is 16.2. The zero-order valence-electron chi connectivity index (χ0n) is 11.4. The first-order valence-electron chi connectivity index (χ1n) is 7.04. The number of nitrogens with one attached hydrogen (secondary N) is 2. The highest BCUT2D eigenvalue weighted by Gasteiger charge is 2.49. The van der Waals surface area contributed by atoms with E-state index in [-0.39, 0.29) is 11.3 Å². The third-order valence-corrected chi connectivity index (χ3v) is 4.70. The standard InChI is InChI=1S/C13H21N5O/c1-18-9-16-17-11(18)7-15-12(19)13-5-3-2-4-10(13)6-14-8-13/h9-10,14H,2-8H2,1H3,(H,15,19)/t10-,13+/m0/s1. The van der Waals surface area contributed by atoms with Crippen molar-refractivity contribution in [2.75, 3.05) is 13.1 Å². The van der Waals surface area contributed by atoms with E-state index < -0.39 is 0 Å². The van der Waals surface area contributed by atoms with Crippen LogP contribution >= 0.6 is 0 Å². The van der Waals surface area contributed by atoms with Crippen LogP contribution in [0.25, 0.3) is 0 Å². The third kappa shape index (κ3) is 2.14. The molecule has 2 heterocycles. The summed E-state index contributed by atoms with van der Waals surface area (Å²) in [5, 5.41) is 14.3. The van der Waals surface area contributed by atoms with Crippen molar-refractivity contribution in [1.29, 1.82) is 0 Å². The second kappa shape index (κ2) is 4.92. The SMILES string of the molecule is Cn1cnnc1CNC(=O)[C@@]12CCCC[C@H]1CNC2. The fourth-order valence-electron chi connectivity index (χ4n) is 3.49. The van der Waals surface area contributed by atoms with E-state index in [1.165, 1.54) is 12.8 Å². The Morgan fingerprint density at radius 1 is 1.63 bits per heavy atom. The second-order valence-electron chi connectivity index (χ2n) is 5.77. The van der Waals surface area contributed by atoms with E-state index in [9.17, 15) is 4.79 Å². The summed E-state index contributed by atoms with van der Waals surface area (Å²) < 4.78 is 1.84. The molecule has 0 unspecified atom stereocenters. The zero-order chi connectivity index (χ0) is 13.3. The van der Waals surface area contributed by atoms with Gasteiger partial charge in [-0.2, -0.15) is 0 Å². The van der Waals surface area contributed by atoms with Gasteiger partial charge in [0.15, 0.2) is 5.82 Å². The first-order chi connectivity index (χ1) is 9.22. The molecule has 3 rings (SSSR count). The monoisotopic (exact) mass is 263 g/mol. The van der Waals surface area contributed by atoms with E-state index in [1.54, 1.807) is 6.33 Å². The molecule has 2 fully saturated rings. The molecule has 6 nitrogen and oxygen atoms in total. The first kappa shape index (κ1) is 12.6. The second-order valence-corrected chi connectivity index (χ2v) is 5.77. The fourth-order valence-corrected chi connectivity index (χ4v) is 3.49. The quantitative estimate of drug-likeness (QED) is 0.818. The number of hydrogen-bond acceptors (Lipinski definition) is 4. The summed E-state index contributed by atoms with van der Waals surface area (Å²) in [4.78, 5) is 12.6. The summed E-state index contributed by atoms with van der Waals surface area (Å²) >= 11 is 0. The molecule has 2 atom stereocenters. The van der Waals surface area contributed by atoms with Crippen molar-refractivity contribution in [1.82, 2.24) is 25.4 Å². The molecule has 1 aromatic rings. The number of hydrogen-bond donors (Lipinski definition) is 2. The van der Waals surface area contributed by atoms with Gasteiger partial charge in [-0.3, -0.25) is 4.79 Å². The molecule has 1 saturated carbocycles. The minimum atomic E-state index is -0.184. The lowest BCUT2D eigenvalue weighted by atomic mass is 9.67. The number of nitrogens with zero attached hydrogens (tertiary/aromatic N) is 3. The van der Waals surface area contributed by atoms with E-state index in [1.807, 2.05) is 11.6 Å². The first-order valence-corrected chi connectivity index (χ1v) is 7.04. The Balaban J connectivity index is 1.67. The van der Waals surface area contributed by atoms with Gasteiger partial charge in [0.2, 0.25) is 5.91 Å². The maximum Gasteiger partial charge on any atom is 0.228 e. The van der Waals surface area contributed by atoms with Gasteiger partial charge in [0.25, 0.3) is 0 Å². The fraction of sp³-hybridized carbons (Fsp3) is 0.769. The van der Waals surface area contributed by atoms with E-state index in [0.717, 1.165) is 31.8 Å². The van der Waals surface area contributed by atoms with Crippen LogP contribution in [0.2, 0.25) is 0 Å². The average Bonchev–Trinajstić information content (AvgIpc) is 3.02. The molecule has 1 aliphatic heterocycles. The van der Waals surface area contributed by atoms with E-state index in [4.69, 9.17) is 0 Å². The molecular weight excluding hydrogens is 242 g/mol. The molecule has 1 aliphatic carbocycles. The Hall–Kier alpha value is -1.43. The Morgan fingerprint density at radius 2 is 2.53 bits per heavy atom. The van der Waals surface area contributed by atoms with Crippen molar-refractivity contribution < 1.29 is 4.79 Å². The molecule has 1 saturated heterocycles. The molecule has 0 spiro atoms. The summed E-state index contributed by atoms with van der Waals surface area (Å²) in [6.45, 7) is 2.27. The van der Waals surface area contributed by atoms with Crippen LogP contribution in [0.5, 0.6) is 0 Å². The minimum absolute atomic E-state index is 0.184. The van der Waals surface area contributed by atoms with Crippen molar-refractivity contribution in [3.63, 3.8) is 0 Å². The number of amides is 1. The number of fused-ring (bicyclic) bond motifs is 1. The van der Waals surface area contributed by atoms with Crippen LogP contribution in [-0.4, -0.2) is 33.8 Å². The summed E-state index contributed by atoms with van der Waals surface area (Å²) in [6, 6.07) is 0. The van der Waals surface area contributed by atoms with Crippen molar-refractivity contribution in [2.24, 2.45) is 18.4 Å². The lowest BCUT2D eigenvalue weighted by Crippen LogP contribution is -2.47. The predicted octanol–water partition coefficient (Wildman–Crippen LogP) is 0.211. The Labute approximate surface area is 113 Å². The largest absolute Gasteiger partial charge is 0.348 e. The van der Waals surface area contributed by atoms with Gasteiger partial charge >= 0.3 is 0 Å². The molecule has 1 amide bonds. The molecule has 2 N–H and O–H groups in total. The molecule has 0 bridgehead atoms. The van der Waals surface area contributed by atoms with E-state index >= 15 is 0 Å². The maximum atomic E-state index is 12.6. The zero-order valence-corrected chi connectivity index (χ0v) is 11.4. The van der Waals surface area contributed by atoms with Crippen molar-refractivity contribution in [2.45, 2.75) is 32.2 Å². The summed E-state index contributed by atoms with van der Waals surface area (Å²) in [6.07, 6.45) is 6.25. The van der Waals surface area contributed by atoms with Crippen molar-refractivity contribution >= 4 is 5.91 Å². The van der Waals surface area contributed by atoms with Crippen molar-refractivity contribution in [3.05, 3.63) is 12.2 Å². The van der Waals surface area contributed by atoms with Gasteiger partial charge in [-0.25, -0.2) is 0 Å². The van der Waals surface area contributed by atoms with Gasteiger partial charge in [0, 0.05) is 13.6 Å². The van der Waals surface area contributed by atoms with E-state index in [0.29, 0.717) is 12.5 Å². The van der Waals surface area contributed by atoms with Gasteiger partial charge in [-0.1, -0.05) is 12.8 Å². The normalized spacial score (nSPS) is 30.1. The topological polar surface area (TPSA) is 71.8 Å². The predicted molar refractivity (Wildman–Crippen MR) is 70.1 cm³/mol. The van der Waals surface area contributed by atoms with Gasteiger partial charge < -0.3 is 15.2 Å². The van der Waals surface area contributed by atoms with Gasteiger partial charge in [0.1, 0.15) is 6.33 Å². The molecule has 1 aromatic heterocycles. The highest BCUT2D eigenvalue weighted by Crippen LogP contribution is 2.43. The molecule has 0 radical (unpaired) electrons. The average molecular weight is 263 g/mol. The number of rotatable bonds is 3. The lowest BCUT2D eigenvalue weighted by molar-refractivity contribution is -0.134. The smallest absolute Gasteiger partial charge is 0.228 e. The summed E-state index contributed by atoms with van der Waals surface area (Å²) in [5.41, 5.74) is -0.184. The summed E-state index contributed by atoms with van der Waals surface area (Å²) in [7, 11) is 1.89. The summed E-state index contributed by atoms with van der Waals surface area (Å²) in [5.74, 6) is 1.48. The highest BCUT2D eigenvalue weighted by molar-refractivity contribution is 5.83. The van der Waals surface area contributed by atoms with Crippen LogP contribution in [0, 0.1) is 11.3 Å². The molecule has 6 heteroatoms. The van der Waals surface area contributed by atoms with Gasteiger partial charge in [0.05, 0.1) is 12.0 Å². The minimum Gasteiger partial charge on any atom is -0.348 e. The van der Waals surface area contributed by atoms with Crippen LogP contribution in [0.1, 0.15) is 31.5 Å². The molecule has 104 valence electrons. The molecule has 0 aromatic carbocycles. The Kier molecular flexibility index (Phi) is 3.26. The van der Waals surface area contributed by atoms with Gasteiger partial charge in [-0.15, -0.1) is 10.2 Å². The van der Waals surface area contributed by atoms with Crippen LogP contribution in [0.4, 0.5) is 0 Å². The lowest BCUT2D eigenvalue weighted by Gasteiger charge is -2.37.